The maximum absolute atomic E-state index is 13.0. The lowest BCUT2D eigenvalue weighted by molar-refractivity contribution is -0.140. The van der Waals surface area contributed by atoms with Gasteiger partial charge in [-0.2, -0.15) is 0 Å². The van der Waals surface area contributed by atoms with Gasteiger partial charge >= 0.3 is 0 Å². The molecule has 0 unspecified atom stereocenters. The number of methoxy groups -OCH3 is 2. The molecule has 1 aliphatic rings. The molecule has 0 aromatic heterocycles. The molecule has 2 N–H and O–H groups in total. The van der Waals surface area contributed by atoms with Crippen LogP contribution in [0.15, 0.2) is 48.0 Å². The zero-order chi connectivity index (χ0) is 23.4. The van der Waals surface area contributed by atoms with Gasteiger partial charge in [-0.3, -0.25) is 9.59 Å². The maximum atomic E-state index is 13.0. The van der Waals surface area contributed by atoms with E-state index in [1.807, 2.05) is 13.8 Å². The summed E-state index contributed by atoms with van der Waals surface area (Å²) < 4.78 is 15.9. The van der Waals surface area contributed by atoms with Crippen molar-refractivity contribution in [2.24, 2.45) is 0 Å². The number of likely N-dealkylation sites (tertiary alicyclic amines) is 1. The molecule has 1 fully saturated rings. The van der Waals surface area contributed by atoms with Crippen molar-refractivity contribution in [2.75, 3.05) is 27.4 Å². The minimum Gasteiger partial charge on any atom is -0.507 e. The number of aliphatic hydroxyl groups is 1. The van der Waals surface area contributed by atoms with E-state index in [4.69, 9.17) is 14.2 Å². The van der Waals surface area contributed by atoms with E-state index in [1.165, 1.54) is 25.2 Å². The molecule has 1 heterocycles. The summed E-state index contributed by atoms with van der Waals surface area (Å²) in [5, 5.41) is 21.0. The Morgan fingerprint density at radius 1 is 1.09 bits per heavy atom. The Morgan fingerprint density at radius 3 is 2.38 bits per heavy atom. The lowest BCUT2D eigenvalue weighted by Gasteiger charge is -2.25. The minimum atomic E-state index is -0.869. The normalized spacial score (nSPS) is 17.8. The molecule has 0 spiro atoms. The van der Waals surface area contributed by atoms with Gasteiger partial charge in [-0.25, -0.2) is 0 Å². The van der Waals surface area contributed by atoms with Crippen molar-refractivity contribution in [2.45, 2.75) is 26.0 Å². The summed E-state index contributed by atoms with van der Waals surface area (Å²) in [7, 11) is 2.90. The van der Waals surface area contributed by atoms with E-state index in [2.05, 4.69) is 0 Å². The Morgan fingerprint density at radius 2 is 1.78 bits per heavy atom. The number of benzene rings is 2. The first-order valence-electron chi connectivity index (χ1n) is 10.2. The predicted molar refractivity (Wildman–Crippen MR) is 118 cm³/mol. The number of amides is 1. The summed E-state index contributed by atoms with van der Waals surface area (Å²) in [6.07, 6.45) is -0.00923. The van der Waals surface area contributed by atoms with E-state index in [1.54, 1.807) is 36.4 Å². The van der Waals surface area contributed by atoms with Gasteiger partial charge in [-0.05, 0) is 55.8 Å². The molecule has 1 atom stereocenters. The van der Waals surface area contributed by atoms with Gasteiger partial charge in [-0.15, -0.1) is 0 Å². The first-order valence-corrected chi connectivity index (χ1v) is 10.2. The van der Waals surface area contributed by atoms with E-state index < -0.39 is 17.7 Å². The van der Waals surface area contributed by atoms with Gasteiger partial charge in [-0.1, -0.05) is 6.07 Å². The summed E-state index contributed by atoms with van der Waals surface area (Å²) in [5.74, 6) is -1.09. The fourth-order valence-electron chi connectivity index (χ4n) is 3.63. The topological polar surface area (TPSA) is 106 Å². The second-order valence-electron chi connectivity index (χ2n) is 7.61. The smallest absolute Gasteiger partial charge is 0.295 e. The van der Waals surface area contributed by atoms with Gasteiger partial charge in [0.1, 0.15) is 11.5 Å². The number of ether oxygens (including phenoxy) is 3. The Hall–Kier alpha value is -3.52. The molecule has 1 amide bonds. The summed E-state index contributed by atoms with van der Waals surface area (Å²) in [5.41, 5.74) is 0.842. The summed E-state index contributed by atoms with van der Waals surface area (Å²) in [6.45, 7) is 4.16. The van der Waals surface area contributed by atoms with E-state index in [-0.39, 0.29) is 42.1 Å². The van der Waals surface area contributed by atoms with Crippen LogP contribution in [0.2, 0.25) is 0 Å². The van der Waals surface area contributed by atoms with Gasteiger partial charge in [0, 0.05) is 19.2 Å². The number of ketones is 1. The van der Waals surface area contributed by atoms with Crippen molar-refractivity contribution < 1.29 is 34.0 Å². The van der Waals surface area contributed by atoms with Crippen molar-refractivity contribution in [3.63, 3.8) is 0 Å². The molecule has 1 saturated heterocycles. The molecule has 0 saturated carbocycles. The Balaban J connectivity index is 2.11. The van der Waals surface area contributed by atoms with Crippen LogP contribution in [0.5, 0.6) is 17.2 Å². The standard InChI is InChI=1S/C24H27NO7/c1-14(2)32-17-8-5-15(6-9-17)22(27)20-21(16-7-10-18(26)19(13-16)31-4)25(11-12-30-3)24(29)23(20)28/h5-10,13-14,21,26-27H,11-12H2,1-4H3/t21-/m1/s1. The van der Waals surface area contributed by atoms with E-state index in [9.17, 15) is 19.8 Å². The molecule has 8 nitrogen and oxygen atoms in total. The third-order valence-corrected chi connectivity index (χ3v) is 5.10. The van der Waals surface area contributed by atoms with Gasteiger partial charge in [0.2, 0.25) is 0 Å². The largest absolute Gasteiger partial charge is 0.507 e. The molecular formula is C24H27NO7. The molecule has 1 aliphatic heterocycles. The van der Waals surface area contributed by atoms with Crippen LogP contribution in [-0.2, 0) is 14.3 Å². The summed E-state index contributed by atoms with van der Waals surface area (Å²) in [4.78, 5) is 27.1. The van der Waals surface area contributed by atoms with Crippen LogP contribution >= 0.6 is 0 Å². The number of hydrogen-bond acceptors (Lipinski definition) is 7. The fourth-order valence-corrected chi connectivity index (χ4v) is 3.63. The highest BCUT2D eigenvalue weighted by atomic mass is 16.5. The second-order valence-corrected chi connectivity index (χ2v) is 7.61. The van der Waals surface area contributed by atoms with Crippen LogP contribution < -0.4 is 9.47 Å². The van der Waals surface area contributed by atoms with Crippen molar-refractivity contribution in [3.8, 4) is 17.2 Å². The van der Waals surface area contributed by atoms with Crippen LogP contribution in [0, 0.1) is 0 Å². The fraction of sp³-hybridized carbons (Fsp3) is 0.333. The number of hydrogen-bond donors (Lipinski definition) is 2. The minimum absolute atomic E-state index is 0.00923. The Kier molecular flexibility index (Phi) is 7.05. The van der Waals surface area contributed by atoms with Gasteiger partial charge < -0.3 is 29.3 Å². The molecule has 2 aromatic rings. The van der Waals surface area contributed by atoms with E-state index in [0.29, 0.717) is 16.9 Å². The highest BCUT2D eigenvalue weighted by Gasteiger charge is 2.46. The molecule has 0 radical (unpaired) electrons. The molecule has 32 heavy (non-hydrogen) atoms. The van der Waals surface area contributed by atoms with Crippen LogP contribution in [-0.4, -0.2) is 60.3 Å². The number of aliphatic hydroxyl groups excluding tert-OH is 1. The average Bonchev–Trinajstić information content (AvgIpc) is 3.02. The van der Waals surface area contributed by atoms with Crippen molar-refractivity contribution in [1.29, 1.82) is 0 Å². The highest BCUT2D eigenvalue weighted by molar-refractivity contribution is 6.46. The maximum Gasteiger partial charge on any atom is 0.295 e. The third-order valence-electron chi connectivity index (χ3n) is 5.10. The number of nitrogens with zero attached hydrogens (tertiary/aromatic N) is 1. The molecule has 2 aromatic carbocycles. The van der Waals surface area contributed by atoms with E-state index in [0.717, 1.165) is 0 Å². The average molecular weight is 441 g/mol. The highest BCUT2D eigenvalue weighted by Crippen LogP contribution is 2.41. The number of carbonyl (C=O) groups excluding carboxylic acids is 2. The zero-order valence-electron chi connectivity index (χ0n) is 18.5. The monoisotopic (exact) mass is 441 g/mol. The Bertz CT molecular complexity index is 1030. The number of Topliss-reactive ketones (excluding diaryl/α,β-unsaturated/α-hetero) is 1. The molecule has 8 heteroatoms. The van der Waals surface area contributed by atoms with Gasteiger partial charge in [0.15, 0.2) is 11.5 Å². The van der Waals surface area contributed by atoms with Crippen molar-refractivity contribution in [1.82, 2.24) is 4.90 Å². The number of phenols is 1. The van der Waals surface area contributed by atoms with Crippen molar-refractivity contribution >= 4 is 17.4 Å². The zero-order valence-corrected chi connectivity index (χ0v) is 18.5. The number of rotatable bonds is 8. The second kappa shape index (κ2) is 9.74. The summed E-state index contributed by atoms with van der Waals surface area (Å²) in [6, 6.07) is 10.3. The molecule has 170 valence electrons. The quantitative estimate of drug-likeness (QED) is 0.368. The van der Waals surface area contributed by atoms with Gasteiger partial charge in [0.05, 0.1) is 31.4 Å². The third kappa shape index (κ3) is 4.55. The van der Waals surface area contributed by atoms with Gasteiger partial charge in [0.25, 0.3) is 11.7 Å². The lowest BCUT2D eigenvalue weighted by Crippen LogP contribution is -2.32. The number of carbonyl (C=O) groups is 2. The molecule has 0 bridgehead atoms. The first kappa shape index (κ1) is 23.1. The van der Waals surface area contributed by atoms with Crippen LogP contribution in [0.1, 0.15) is 31.0 Å². The van der Waals surface area contributed by atoms with Crippen LogP contribution in [0.25, 0.3) is 5.76 Å². The van der Waals surface area contributed by atoms with Crippen molar-refractivity contribution in [3.05, 3.63) is 59.2 Å². The SMILES string of the molecule is COCCN1C(=O)C(=O)C(=C(O)c2ccc(OC(C)C)cc2)[C@H]1c1ccc(O)c(OC)c1. The predicted octanol–water partition coefficient (Wildman–Crippen LogP) is 3.26. The van der Waals surface area contributed by atoms with Crippen LogP contribution in [0.4, 0.5) is 0 Å². The Labute approximate surface area is 186 Å². The summed E-state index contributed by atoms with van der Waals surface area (Å²) >= 11 is 0. The number of phenolic OH excluding ortho intramolecular Hbond substituents is 1. The lowest BCUT2D eigenvalue weighted by atomic mass is 9.95. The molecule has 0 aliphatic carbocycles. The molecule has 3 rings (SSSR count). The van der Waals surface area contributed by atoms with E-state index >= 15 is 0 Å². The first-order chi connectivity index (χ1) is 15.3. The number of aromatic hydroxyl groups is 1. The molecular weight excluding hydrogens is 414 g/mol. The van der Waals surface area contributed by atoms with Crippen LogP contribution in [0.3, 0.4) is 0 Å².